The molecule has 1 aliphatic heterocycles. The van der Waals surface area contributed by atoms with Crippen LogP contribution in [-0.2, 0) is 9.53 Å². The number of halogens is 1. The molecule has 4 nitrogen and oxygen atoms in total. The predicted octanol–water partition coefficient (Wildman–Crippen LogP) is 2.99. The van der Waals surface area contributed by atoms with E-state index in [-0.39, 0.29) is 23.7 Å². The summed E-state index contributed by atoms with van der Waals surface area (Å²) in [6.45, 7) is 4.86. The summed E-state index contributed by atoms with van der Waals surface area (Å²) in [5, 5.41) is 3.36. The zero-order valence-electron chi connectivity index (χ0n) is 14.7. The molecule has 0 aromatic heterocycles. The highest BCUT2D eigenvalue weighted by atomic mass is 35.5. The van der Waals surface area contributed by atoms with Gasteiger partial charge in [0.15, 0.2) is 0 Å². The standard InChI is InChI=1S/C18H32N2O2.ClH/c1-3-22-16-13-15(18(16)9-5-4-6-10-18)20(2)17(21)14-7-11-19-12-8-14;/h14-16,19H,3-13H2,1-2H3;1H. The molecule has 5 heteroatoms. The molecule has 0 bridgehead atoms. The molecule has 134 valence electrons. The van der Waals surface area contributed by atoms with Crippen LogP contribution in [0.1, 0.15) is 58.3 Å². The SMILES string of the molecule is CCOC1CC(N(C)C(=O)C2CCNCC2)C12CCCCC2.Cl. The number of carbonyl (C=O) groups is 1. The van der Waals surface area contributed by atoms with Crippen molar-refractivity contribution in [2.75, 3.05) is 26.7 Å². The molecular weight excluding hydrogens is 312 g/mol. The fourth-order valence-electron chi connectivity index (χ4n) is 5.08. The van der Waals surface area contributed by atoms with E-state index in [1.165, 1.54) is 32.1 Å². The summed E-state index contributed by atoms with van der Waals surface area (Å²) in [6, 6.07) is 0.409. The van der Waals surface area contributed by atoms with Gasteiger partial charge >= 0.3 is 0 Å². The number of hydrogen-bond donors (Lipinski definition) is 1. The first-order valence-electron chi connectivity index (χ1n) is 9.28. The lowest BCUT2D eigenvalue weighted by atomic mass is 9.54. The second-order valence-electron chi connectivity index (χ2n) is 7.46. The zero-order chi connectivity index (χ0) is 15.6. The van der Waals surface area contributed by atoms with Crippen LogP contribution < -0.4 is 5.32 Å². The molecule has 0 radical (unpaired) electrons. The Hall–Kier alpha value is -0.320. The van der Waals surface area contributed by atoms with E-state index >= 15 is 0 Å². The zero-order valence-corrected chi connectivity index (χ0v) is 15.5. The first-order valence-corrected chi connectivity index (χ1v) is 9.28. The number of amides is 1. The minimum absolute atomic E-state index is 0. The highest BCUT2D eigenvalue weighted by molar-refractivity contribution is 5.85. The van der Waals surface area contributed by atoms with E-state index in [0.29, 0.717) is 18.1 Å². The van der Waals surface area contributed by atoms with Crippen molar-refractivity contribution in [3.8, 4) is 0 Å². The van der Waals surface area contributed by atoms with E-state index in [2.05, 4.69) is 17.1 Å². The van der Waals surface area contributed by atoms with E-state index in [4.69, 9.17) is 4.74 Å². The van der Waals surface area contributed by atoms with E-state index in [1.807, 2.05) is 7.05 Å². The third-order valence-electron chi connectivity index (χ3n) is 6.40. The van der Waals surface area contributed by atoms with Crippen molar-refractivity contribution < 1.29 is 9.53 Å². The van der Waals surface area contributed by atoms with Gasteiger partial charge in [-0.3, -0.25) is 4.79 Å². The third kappa shape index (κ3) is 3.54. The van der Waals surface area contributed by atoms with E-state index < -0.39 is 0 Å². The largest absolute Gasteiger partial charge is 0.378 e. The molecule has 2 atom stereocenters. The Morgan fingerprint density at radius 2 is 1.87 bits per heavy atom. The number of nitrogens with one attached hydrogen (secondary N) is 1. The van der Waals surface area contributed by atoms with Crippen molar-refractivity contribution in [1.82, 2.24) is 10.2 Å². The van der Waals surface area contributed by atoms with Crippen molar-refractivity contribution in [3.63, 3.8) is 0 Å². The second kappa shape index (κ2) is 8.17. The van der Waals surface area contributed by atoms with Gasteiger partial charge in [-0.15, -0.1) is 12.4 Å². The summed E-state index contributed by atoms with van der Waals surface area (Å²) in [4.78, 5) is 15.0. The Labute approximate surface area is 147 Å². The van der Waals surface area contributed by atoms with Gasteiger partial charge in [0.2, 0.25) is 5.91 Å². The van der Waals surface area contributed by atoms with E-state index in [0.717, 1.165) is 39.0 Å². The van der Waals surface area contributed by atoms with Gasteiger partial charge in [-0.2, -0.15) is 0 Å². The summed E-state index contributed by atoms with van der Waals surface area (Å²) >= 11 is 0. The van der Waals surface area contributed by atoms with Crippen molar-refractivity contribution in [2.45, 2.75) is 70.4 Å². The number of ether oxygens (including phenoxy) is 1. The molecule has 2 saturated carbocycles. The number of rotatable bonds is 4. The first kappa shape index (κ1) is 19.0. The third-order valence-corrected chi connectivity index (χ3v) is 6.40. The smallest absolute Gasteiger partial charge is 0.225 e. The molecule has 1 amide bonds. The van der Waals surface area contributed by atoms with Gasteiger partial charge in [0, 0.05) is 31.0 Å². The van der Waals surface area contributed by atoms with E-state index in [9.17, 15) is 4.79 Å². The maximum absolute atomic E-state index is 12.9. The average Bonchev–Trinajstić information content (AvgIpc) is 2.58. The Morgan fingerprint density at radius 1 is 1.22 bits per heavy atom. The molecule has 1 heterocycles. The molecule has 1 spiro atoms. The highest BCUT2D eigenvalue weighted by Gasteiger charge is 2.58. The van der Waals surface area contributed by atoms with E-state index in [1.54, 1.807) is 0 Å². The van der Waals surface area contributed by atoms with Gasteiger partial charge in [0.1, 0.15) is 0 Å². The molecule has 3 aliphatic rings. The quantitative estimate of drug-likeness (QED) is 0.852. The molecule has 0 aromatic carbocycles. The summed E-state index contributed by atoms with van der Waals surface area (Å²) in [5.41, 5.74) is 0.256. The highest BCUT2D eigenvalue weighted by Crippen LogP contribution is 2.55. The lowest BCUT2D eigenvalue weighted by Crippen LogP contribution is -2.66. The van der Waals surface area contributed by atoms with Crippen LogP contribution in [0.4, 0.5) is 0 Å². The molecule has 3 fully saturated rings. The molecule has 2 aliphatic carbocycles. The molecule has 0 aromatic rings. The van der Waals surface area contributed by atoms with Crippen LogP contribution in [0, 0.1) is 11.3 Å². The Morgan fingerprint density at radius 3 is 2.48 bits per heavy atom. The van der Waals surface area contributed by atoms with Gasteiger partial charge in [-0.1, -0.05) is 19.3 Å². The minimum atomic E-state index is 0. The minimum Gasteiger partial charge on any atom is -0.378 e. The normalized spacial score (nSPS) is 30.3. The van der Waals surface area contributed by atoms with Crippen molar-refractivity contribution >= 4 is 18.3 Å². The second-order valence-corrected chi connectivity index (χ2v) is 7.46. The number of hydrogen-bond acceptors (Lipinski definition) is 3. The maximum Gasteiger partial charge on any atom is 0.225 e. The maximum atomic E-state index is 12.9. The van der Waals surface area contributed by atoms with Crippen LogP contribution >= 0.6 is 12.4 Å². The lowest BCUT2D eigenvalue weighted by molar-refractivity contribution is -0.187. The Balaban J connectivity index is 0.00000192. The number of piperidine rings is 1. The lowest BCUT2D eigenvalue weighted by Gasteiger charge is -2.60. The summed E-state index contributed by atoms with van der Waals surface area (Å²) in [6.07, 6.45) is 9.85. The van der Waals surface area contributed by atoms with Crippen molar-refractivity contribution in [3.05, 3.63) is 0 Å². The topological polar surface area (TPSA) is 41.6 Å². The van der Waals surface area contributed by atoms with Crippen LogP contribution in [-0.4, -0.2) is 49.7 Å². The van der Waals surface area contributed by atoms with Gasteiger partial charge in [-0.25, -0.2) is 0 Å². The monoisotopic (exact) mass is 344 g/mol. The fourth-order valence-corrected chi connectivity index (χ4v) is 5.08. The molecule has 23 heavy (non-hydrogen) atoms. The molecule has 3 rings (SSSR count). The summed E-state index contributed by atoms with van der Waals surface area (Å²) in [5.74, 6) is 0.615. The fraction of sp³-hybridized carbons (Fsp3) is 0.944. The van der Waals surface area contributed by atoms with Crippen LogP contribution in [0.25, 0.3) is 0 Å². The molecule has 1 N–H and O–H groups in total. The van der Waals surface area contributed by atoms with Crippen LogP contribution in [0.5, 0.6) is 0 Å². The van der Waals surface area contributed by atoms with Crippen molar-refractivity contribution in [1.29, 1.82) is 0 Å². The Bertz CT molecular complexity index is 392. The average molecular weight is 345 g/mol. The molecule has 1 saturated heterocycles. The Kier molecular flexibility index (Phi) is 6.76. The van der Waals surface area contributed by atoms with Crippen LogP contribution in [0.3, 0.4) is 0 Å². The van der Waals surface area contributed by atoms with Crippen LogP contribution in [0.2, 0.25) is 0 Å². The van der Waals surface area contributed by atoms with Gasteiger partial charge in [0.25, 0.3) is 0 Å². The molecule has 2 unspecified atom stereocenters. The van der Waals surface area contributed by atoms with Gasteiger partial charge in [0.05, 0.1) is 6.10 Å². The first-order chi connectivity index (χ1) is 10.7. The molecular formula is C18H33ClN2O2. The van der Waals surface area contributed by atoms with Crippen LogP contribution in [0.15, 0.2) is 0 Å². The van der Waals surface area contributed by atoms with Gasteiger partial charge < -0.3 is 15.0 Å². The number of carbonyl (C=O) groups excluding carboxylic acids is 1. The summed E-state index contributed by atoms with van der Waals surface area (Å²) in [7, 11) is 2.05. The number of nitrogens with zero attached hydrogens (tertiary/aromatic N) is 1. The summed E-state index contributed by atoms with van der Waals surface area (Å²) < 4.78 is 6.03. The van der Waals surface area contributed by atoms with Gasteiger partial charge in [-0.05, 0) is 52.1 Å². The predicted molar refractivity (Wildman–Crippen MR) is 94.9 cm³/mol. The van der Waals surface area contributed by atoms with Crippen molar-refractivity contribution in [2.24, 2.45) is 11.3 Å².